The van der Waals surface area contributed by atoms with Gasteiger partial charge in [-0.2, -0.15) is 0 Å². The van der Waals surface area contributed by atoms with Crippen molar-refractivity contribution in [2.45, 2.75) is 96.8 Å². The quantitative estimate of drug-likeness (QED) is 0.610. The maximum Gasteiger partial charge on any atom is 0.309 e. The van der Waals surface area contributed by atoms with Crippen molar-refractivity contribution in [2.75, 3.05) is 0 Å². The van der Waals surface area contributed by atoms with E-state index in [0.29, 0.717) is 18.8 Å². The molecular formula is C19H33FO2. The number of carbonyl (C=O) groups excluding carboxylic acids is 1. The first-order valence-electron chi connectivity index (χ1n) is 9.48. The van der Waals surface area contributed by atoms with Crippen LogP contribution in [0.3, 0.4) is 0 Å². The molecule has 0 saturated heterocycles. The Bertz CT molecular complexity index is 336. The zero-order valence-corrected chi connectivity index (χ0v) is 14.4. The lowest BCUT2D eigenvalue weighted by molar-refractivity contribution is -0.161. The average Bonchev–Trinajstić information content (AvgIpc) is 2.55. The summed E-state index contributed by atoms with van der Waals surface area (Å²) in [5, 5.41) is 0. The standard InChI is InChI=1S/C19H33FO2/c1-3-5-6-15-9-12-18(17(20)13-15)22-19(21)16-10-7-14(4-2)8-11-16/h14-18H,3-13H2,1-2H3. The van der Waals surface area contributed by atoms with Crippen molar-refractivity contribution in [3.8, 4) is 0 Å². The van der Waals surface area contributed by atoms with Gasteiger partial charge in [-0.25, -0.2) is 4.39 Å². The van der Waals surface area contributed by atoms with E-state index in [1.165, 1.54) is 19.3 Å². The molecule has 0 aromatic rings. The minimum absolute atomic E-state index is 0.0211. The highest BCUT2D eigenvalue weighted by molar-refractivity contribution is 5.72. The summed E-state index contributed by atoms with van der Waals surface area (Å²) in [6, 6.07) is 0. The molecule has 0 spiro atoms. The van der Waals surface area contributed by atoms with Crippen LogP contribution in [0.2, 0.25) is 0 Å². The number of carbonyl (C=O) groups is 1. The van der Waals surface area contributed by atoms with E-state index in [2.05, 4.69) is 13.8 Å². The lowest BCUT2D eigenvalue weighted by Gasteiger charge is -2.33. The van der Waals surface area contributed by atoms with Gasteiger partial charge in [0.2, 0.25) is 0 Å². The minimum Gasteiger partial charge on any atom is -0.459 e. The van der Waals surface area contributed by atoms with Crippen molar-refractivity contribution in [1.29, 1.82) is 0 Å². The van der Waals surface area contributed by atoms with Gasteiger partial charge in [0, 0.05) is 0 Å². The van der Waals surface area contributed by atoms with Crippen LogP contribution in [0.4, 0.5) is 4.39 Å². The Kier molecular flexibility index (Phi) is 7.17. The third-order valence-corrected chi connectivity index (χ3v) is 5.81. The highest BCUT2D eigenvalue weighted by atomic mass is 19.1. The van der Waals surface area contributed by atoms with Crippen LogP contribution >= 0.6 is 0 Å². The van der Waals surface area contributed by atoms with Crippen molar-refractivity contribution in [1.82, 2.24) is 0 Å². The van der Waals surface area contributed by atoms with Crippen LogP contribution < -0.4 is 0 Å². The summed E-state index contributed by atoms with van der Waals surface area (Å²) in [6.07, 6.45) is 9.68. The molecule has 3 atom stereocenters. The van der Waals surface area contributed by atoms with Crippen LogP contribution in [0.15, 0.2) is 0 Å². The number of hydrogen-bond acceptors (Lipinski definition) is 2. The highest BCUT2D eigenvalue weighted by Gasteiger charge is 2.35. The van der Waals surface area contributed by atoms with Crippen LogP contribution in [-0.4, -0.2) is 18.2 Å². The van der Waals surface area contributed by atoms with Gasteiger partial charge in [-0.15, -0.1) is 0 Å². The van der Waals surface area contributed by atoms with Crippen LogP contribution in [0, 0.1) is 17.8 Å². The average molecular weight is 312 g/mol. The summed E-state index contributed by atoms with van der Waals surface area (Å²) < 4.78 is 19.8. The van der Waals surface area contributed by atoms with E-state index in [4.69, 9.17) is 4.74 Å². The Morgan fingerprint density at radius 3 is 2.32 bits per heavy atom. The molecule has 0 aromatic carbocycles. The van der Waals surface area contributed by atoms with Crippen molar-refractivity contribution in [3.63, 3.8) is 0 Å². The van der Waals surface area contributed by atoms with Crippen molar-refractivity contribution < 1.29 is 13.9 Å². The predicted octanol–water partition coefficient (Wildman–Crippen LogP) is 5.44. The van der Waals surface area contributed by atoms with E-state index in [-0.39, 0.29) is 11.9 Å². The molecule has 0 N–H and O–H groups in total. The Morgan fingerprint density at radius 1 is 1.05 bits per heavy atom. The molecule has 2 fully saturated rings. The molecule has 3 heteroatoms. The third-order valence-electron chi connectivity index (χ3n) is 5.81. The molecule has 0 radical (unpaired) electrons. The van der Waals surface area contributed by atoms with Crippen molar-refractivity contribution >= 4 is 5.97 Å². The van der Waals surface area contributed by atoms with E-state index in [1.807, 2.05) is 0 Å². The summed E-state index contributed by atoms with van der Waals surface area (Å²) in [4.78, 5) is 12.3. The molecule has 22 heavy (non-hydrogen) atoms. The number of rotatable bonds is 6. The molecule has 3 unspecified atom stereocenters. The van der Waals surface area contributed by atoms with E-state index in [9.17, 15) is 9.18 Å². The van der Waals surface area contributed by atoms with Crippen molar-refractivity contribution in [2.24, 2.45) is 17.8 Å². The zero-order chi connectivity index (χ0) is 15.9. The van der Waals surface area contributed by atoms with Crippen LogP contribution in [-0.2, 0) is 9.53 Å². The first kappa shape index (κ1) is 17.7. The van der Waals surface area contributed by atoms with Gasteiger partial charge in [-0.3, -0.25) is 4.79 Å². The molecule has 0 heterocycles. The summed E-state index contributed by atoms with van der Waals surface area (Å²) >= 11 is 0. The van der Waals surface area contributed by atoms with Gasteiger partial charge in [0.1, 0.15) is 12.3 Å². The smallest absolute Gasteiger partial charge is 0.309 e. The number of esters is 1. The number of hydrogen-bond donors (Lipinski definition) is 0. The maximum atomic E-state index is 14.3. The zero-order valence-electron chi connectivity index (χ0n) is 14.4. The molecule has 0 amide bonds. The second-order valence-corrected chi connectivity index (χ2v) is 7.44. The summed E-state index contributed by atoms with van der Waals surface area (Å²) in [5.41, 5.74) is 0. The Labute approximate surface area is 135 Å². The molecule has 0 aromatic heterocycles. The Balaban J connectivity index is 1.73. The number of halogens is 1. The summed E-state index contributed by atoms with van der Waals surface area (Å²) in [7, 11) is 0. The third kappa shape index (κ3) is 4.96. The Morgan fingerprint density at radius 2 is 1.73 bits per heavy atom. The minimum atomic E-state index is -0.952. The van der Waals surface area contributed by atoms with E-state index in [0.717, 1.165) is 44.4 Å². The highest BCUT2D eigenvalue weighted by Crippen LogP contribution is 2.35. The van der Waals surface area contributed by atoms with Gasteiger partial charge >= 0.3 is 5.97 Å². The topological polar surface area (TPSA) is 26.3 Å². The van der Waals surface area contributed by atoms with Gasteiger partial charge in [0.05, 0.1) is 5.92 Å². The van der Waals surface area contributed by atoms with Gasteiger partial charge < -0.3 is 4.74 Å². The number of unbranched alkanes of at least 4 members (excludes halogenated alkanes) is 1. The summed E-state index contributed by atoms with van der Waals surface area (Å²) in [5.74, 6) is 1.15. The number of ether oxygens (including phenoxy) is 1. The SMILES string of the molecule is CCCCC1CCC(OC(=O)C2CCC(CC)CC2)C(F)C1. The van der Waals surface area contributed by atoms with Gasteiger partial charge in [0.25, 0.3) is 0 Å². The predicted molar refractivity (Wildman–Crippen MR) is 87.4 cm³/mol. The second kappa shape index (κ2) is 8.88. The van der Waals surface area contributed by atoms with E-state index < -0.39 is 12.3 Å². The largest absolute Gasteiger partial charge is 0.459 e. The number of alkyl halides is 1. The van der Waals surface area contributed by atoms with Crippen molar-refractivity contribution in [3.05, 3.63) is 0 Å². The molecule has 2 aliphatic carbocycles. The molecule has 2 rings (SSSR count). The van der Waals surface area contributed by atoms with Gasteiger partial charge in [0.15, 0.2) is 0 Å². The first-order valence-corrected chi connectivity index (χ1v) is 9.48. The lowest BCUT2D eigenvalue weighted by atomic mass is 9.80. The van der Waals surface area contributed by atoms with E-state index in [1.54, 1.807) is 0 Å². The fourth-order valence-corrected chi connectivity index (χ4v) is 4.11. The van der Waals surface area contributed by atoms with Crippen LogP contribution in [0.25, 0.3) is 0 Å². The Hall–Kier alpha value is -0.600. The maximum absolute atomic E-state index is 14.3. The molecule has 0 aliphatic heterocycles. The monoisotopic (exact) mass is 312 g/mol. The van der Waals surface area contributed by atoms with Crippen LogP contribution in [0.5, 0.6) is 0 Å². The van der Waals surface area contributed by atoms with Gasteiger partial charge in [-0.1, -0.05) is 39.5 Å². The van der Waals surface area contributed by atoms with Crippen LogP contribution in [0.1, 0.15) is 84.5 Å². The lowest BCUT2D eigenvalue weighted by Crippen LogP contribution is -2.37. The summed E-state index contributed by atoms with van der Waals surface area (Å²) in [6.45, 7) is 4.39. The molecule has 2 nitrogen and oxygen atoms in total. The fraction of sp³-hybridized carbons (Fsp3) is 0.947. The molecular weight excluding hydrogens is 279 g/mol. The second-order valence-electron chi connectivity index (χ2n) is 7.44. The first-order chi connectivity index (χ1) is 10.6. The molecule has 2 saturated carbocycles. The fourth-order valence-electron chi connectivity index (χ4n) is 4.11. The van der Waals surface area contributed by atoms with Gasteiger partial charge in [-0.05, 0) is 56.8 Å². The normalized spacial score (nSPS) is 36.0. The molecule has 2 aliphatic rings. The molecule has 128 valence electrons. The van der Waals surface area contributed by atoms with E-state index >= 15 is 0 Å². The molecule has 0 bridgehead atoms.